The smallest absolute Gasteiger partial charge is 0.422 e. The molecule has 3 N–H and O–H groups in total. The van der Waals surface area contributed by atoms with Gasteiger partial charge in [-0.25, -0.2) is 18.7 Å². The number of aliphatic hydroxyl groups is 2. The van der Waals surface area contributed by atoms with Crippen LogP contribution < -0.4 is 19.1 Å². The Kier molecular flexibility index (Phi) is 11.3. The summed E-state index contributed by atoms with van der Waals surface area (Å²) in [5.74, 6) is -0.237. The number of amides is 1. The number of carbonyl (C=O) groups excluding carboxylic acids is 2. The zero-order chi connectivity index (χ0) is 37.6. The van der Waals surface area contributed by atoms with Gasteiger partial charge in [0.25, 0.3) is 0 Å². The summed E-state index contributed by atoms with van der Waals surface area (Å²) in [6.07, 6.45) is -7.34. The van der Waals surface area contributed by atoms with Crippen LogP contribution in [0.1, 0.15) is 103 Å². The van der Waals surface area contributed by atoms with Gasteiger partial charge in [0.05, 0.1) is 51.4 Å². The van der Waals surface area contributed by atoms with E-state index in [0.29, 0.717) is 0 Å². The molecule has 1 aliphatic heterocycles. The Balaban J connectivity index is 1.71. The van der Waals surface area contributed by atoms with Crippen molar-refractivity contribution in [1.82, 2.24) is 9.71 Å². The second kappa shape index (κ2) is 14.2. The molecule has 4 atom stereocenters. The van der Waals surface area contributed by atoms with Crippen molar-refractivity contribution < 1.29 is 51.4 Å². The Morgan fingerprint density at radius 3 is 2.32 bits per heavy atom. The van der Waals surface area contributed by atoms with Gasteiger partial charge >= 0.3 is 12.3 Å². The largest absolute Gasteiger partial charge is 0.487 e. The summed E-state index contributed by atoms with van der Waals surface area (Å²) in [5.41, 5.74) is -6.92. The maximum atomic E-state index is 14.8. The highest BCUT2D eigenvalue weighted by Crippen LogP contribution is 2.49. The lowest BCUT2D eigenvalue weighted by Crippen LogP contribution is -2.50. The molecule has 1 unspecified atom stereocenters. The number of fused-ring (bicyclic) bond motifs is 1. The minimum atomic E-state index is -5.32. The molecule has 2 aromatic rings. The number of hydrogen-bond acceptors (Lipinski definition) is 9. The van der Waals surface area contributed by atoms with E-state index in [1.807, 2.05) is 0 Å². The van der Waals surface area contributed by atoms with Gasteiger partial charge in [-0.15, -0.1) is 0 Å². The number of hydrogen-bond donors (Lipinski definition) is 3. The Labute approximate surface area is 297 Å². The van der Waals surface area contributed by atoms with Gasteiger partial charge in [-0.3, -0.25) is 9.69 Å². The molecule has 1 saturated carbocycles. The fraction of sp³-hybridized carbons (Fsp3) is 0.618. The van der Waals surface area contributed by atoms with E-state index in [2.05, 4.69) is 9.71 Å². The van der Waals surface area contributed by atoms with E-state index in [1.165, 1.54) is 25.1 Å². The van der Waals surface area contributed by atoms with Crippen LogP contribution in [0.2, 0.25) is 5.15 Å². The summed E-state index contributed by atoms with van der Waals surface area (Å²) < 4.78 is 76.9. The summed E-state index contributed by atoms with van der Waals surface area (Å²) in [6, 6.07) is 5.16. The Bertz CT molecular complexity index is 1640. The van der Waals surface area contributed by atoms with E-state index < -0.39 is 80.3 Å². The molecule has 0 bridgehead atoms. The number of alkyl halides is 3. The van der Waals surface area contributed by atoms with Crippen LogP contribution in [0, 0.1) is 0 Å². The van der Waals surface area contributed by atoms with E-state index in [4.69, 9.17) is 25.8 Å². The normalized spacial score (nSPS) is 20.5. The van der Waals surface area contributed by atoms with Crippen LogP contribution in [0.25, 0.3) is 0 Å². The van der Waals surface area contributed by atoms with Crippen LogP contribution >= 0.6 is 11.6 Å². The highest BCUT2D eigenvalue weighted by molar-refractivity contribution is 7.84. The zero-order valence-electron chi connectivity index (χ0n) is 29.4. The maximum Gasteiger partial charge on any atom is 0.422 e. The van der Waals surface area contributed by atoms with Crippen LogP contribution in [0.4, 0.5) is 23.7 Å². The number of anilines is 1. The standard InChI is InChI=1S/C34H45ClF3N3O8S/c1-19(42)17-47-24-12-9-20(15-25(24)48-21-10-11-21)23(43)13-14-33(45,34(36,37)38)26-16-22-27(28(35)39-26)41(29(44)49-30(2,3)4)18-32(22,8)40-50(46)31(5,6)7/h9,12,15-16,19,21,40,42,45H,10-11,13-14,17-18H2,1-8H3/t19-,32-,33-,50?/m1/s1. The summed E-state index contributed by atoms with van der Waals surface area (Å²) in [7, 11) is -1.76. The number of ether oxygens (including phenoxy) is 3. The lowest BCUT2D eigenvalue weighted by molar-refractivity contribution is -0.270. The van der Waals surface area contributed by atoms with Crippen LogP contribution in [-0.4, -0.2) is 73.2 Å². The Hall–Kier alpha value is -2.98. The van der Waals surface area contributed by atoms with Gasteiger partial charge in [0.2, 0.25) is 5.60 Å². The third-order valence-corrected chi connectivity index (χ3v) is 9.96. The molecule has 2 aliphatic rings. The molecule has 50 heavy (non-hydrogen) atoms. The van der Waals surface area contributed by atoms with Crippen molar-refractivity contribution in [2.24, 2.45) is 0 Å². The topological polar surface area (TPSA) is 148 Å². The van der Waals surface area contributed by atoms with Crippen molar-refractivity contribution in [3.05, 3.63) is 46.2 Å². The summed E-state index contributed by atoms with van der Waals surface area (Å²) in [5, 5.41) is 20.5. The zero-order valence-corrected chi connectivity index (χ0v) is 30.9. The van der Waals surface area contributed by atoms with Crippen LogP contribution in [0.3, 0.4) is 0 Å². The fourth-order valence-electron chi connectivity index (χ4n) is 5.12. The van der Waals surface area contributed by atoms with Gasteiger partial charge in [0.15, 0.2) is 22.4 Å². The van der Waals surface area contributed by atoms with Crippen LogP contribution in [-0.2, 0) is 26.9 Å². The number of benzene rings is 1. The first-order valence-corrected chi connectivity index (χ1v) is 17.7. The Morgan fingerprint density at radius 1 is 1.14 bits per heavy atom. The highest BCUT2D eigenvalue weighted by atomic mass is 35.5. The molecule has 0 saturated heterocycles. The third kappa shape index (κ3) is 9.08. The number of halogens is 4. The highest BCUT2D eigenvalue weighted by Gasteiger charge is 2.57. The number of Topliss-reactive ketones (excluding diaryl/α,β-unsaturated/α-hetero) is 1. The van der Waals surface area contributed by atoms with Crippen molar-refractivity contribution in [1.29, 1.82) is 0 Å². The lowest BCUT2D eigenvalue weighted by Gasteiger charge is -2.32. The minimum absolute atomic E-state index is 0.0274. The first-order chi connectivity index (χ1) is 22.8. The van der Waals surface area contributed by atoms with Crippen molar-refractivity contribution >= 4 is 40.2 Å². The fourth-order valence-corrected chi connectivity index (χ4v) is 6.30. The number of rotatable bonds is 12. The first kappa shape index (κ1) is 39.8. The second-order valence-electron chi connectivity index (χ2n) is 15.0. The van der Waals surface area contributed by atoms with Gasteiger partial charge in [-0.1, -0.05) is 11.6 Å². The number of aromatic nitrogens is 1. The van der Waals surface area contributed by atoms with Gasteiger partial charge in [0, 0.05) is 17.5 Å². The van der Waals surface area contributed by atoms with E-state index in [1.54, 1.807) is 48.5 Å². The second-order valence-corrected chi connectivity index (χ2v) is 17.3. The van der Waals surface area contributed by atoms with Crippen molar-refractivity contribution in [2.75, 3.05) is 18.1 Å². The van der Waals surface area contributed by atoms with Crippen molar-refractivity contribution in [3.63, 3.8) is 0 Å². The summed E-state index contributed by atoms with van der Waals surface area (Å²) in [6.45, 7) is 12.8. The van der Waals surface area contributed by atoms with Crippen molar-refractivity contribution in [2.45, 2.75) is 121 Å². The number of nitrogens with one attached hydrogen (secondary N) is 1. The molecule has 1 aliphatic carbocycles. The molecule has 4 rings (SSSR count). The van der Waals surface area contributed by atoms with E-state index in [0.717, 1.165) is 23.8 Å². The lowest BCUT2D eigenvalue weighted by atomic mass is 9.87. The number of pyridine rings is 1. The van der Waals surface area contributed by atoms with Gasteiger partial charge in [-0.2, -0.15) is 13.2 Å². The third-order valence-electron chi connectivity index (χ3n) is 7.95. The minimum Gasteiger partial charge on any atom is -0.487 e. The molecule has 1 aromatic heterocycles. The molecular formula is C34H45ClF3N3O8S. The maximum absolute atomic E-state index is 14.8. The predicted octanol–water partition coefficient (Wildman–Crippen LogP) is 6.47. The molecular weight excluding hydrogens is 703 g/mol. The Morgan fingerprint density at radius 2 is 1.78 bits per heavy atom. The molecule has 0 radical (unpaired) electrons. The number of carbonyl (C=O) groups is 2. The first-order valence-electron chi connectivity index (χ1n) is 16.2. The molecule has 278 valence electrons. The molecule has 2 heterocycles. The number of ketones is 1. The average Bonchev–Trinajstić information content (AvgIpc) is 3.74. The number of nitrogens with zero attached hydrogens (tertiary/aromatic N) is 2. The van der Waals surface area contributed by atoms with E-state index in [9.17, 15) is 37.2 Å². The van der Waals surface area contributed by atoms with Gasteiger partial charge in [-0.05, 0) is 98.9 Å². The molecule has 11 nitrogen and oxygen atoms in total. The summed E-state index contributed by atoms with van der Waals surface area (Å²) >= 11 is 6.53. The van der Waals surface area contributed by atoms with E-state index in [-0.39, 0.29) is 47.6 Å². The van der Waals surface area contributed by atoms with Gasteiger partial charge < -0.3 is 24.4 Å². The average molecular weight is 748 g/mol. The SMILES string of the molecule is C[C@@H](O)COc1ccc(C(=O)CC[C@@](O)(c2cc3c(c(Cl)n2)N(C(=O)OC(C)(C)C)C[C@@]3(C)NS(=O)C(C)(C)C)C(F)(F)F)cc1OC1CC1. The molecule has 1 amide bonds. The van der Waals surface area contributed by atoms with Crippen molar-refractivity contribution in [3.8, 4) is 11.5 Å². The quantitative estimate of drug-likeness (QED) is 0.164. The van der Waals surface area contributed by atoms with Gasteiger partial charge in [0.1, 0.15) is 12.2 Å². The molecule has 0 spiro atoms. The predicted molar refractivity (Wildman–Crippen MR) is 182 cm³/mol. The molecule has 1 fully saturated rings. The number of aliphatic hydroxyl groups excluding tert-OH is 1. The molecule has 1 aromatic carbocycles. The molecule has 16 heteroatoms. The summed E-state index contributed by atoms with van der Waals surface area (Å²) in [4.78, 5) is 31.7. The van der Waals surface area contributed by atoms with Crippen LogP contribution in [0.5, 0.6) is 11.5 Å². The van der Waals surface area contributed by atoms with E-state index >= 15 is 0 Å². The van der Waals surface area contributed by atoms with Crippen LogP contribution in [0.15, 0.2) is 24.3 Å². The monoisotopic (exact) mass is 747 g/mol.